The zero-order chi connectivity index (χ0) is 11.4. The van der Waals surface area contributed by atoms with Crippen molar-refractivity contribution in [2.75, 3.05) is 6.66 Å². The predicted octanol–water partition coefficient (Wildman–Crippen LogP) is 4.01. The fourth-order valence-corrected chi connectivity index (χ4v) is 3.75. The van der Waals surface area contributed by atoms with Crippen LogP contribution < -0.4 is 5.30 Å². The van der Waals surface area contributed by atoms with Crippen LogP contribution in [0.5, 0.6) is 0 Å². The van der Waals surface area contributed by atoms with Crippen molar-refractivity contribution in [3.05, 3.63) is 42.2 Å². The number of allylic oxidation sites excluding steroid dienone is 1. The molecule has 2 rings (SSSR count). The number of benzene rings is 1. The first-order chi connectivity index (χ1) is 7.68. The van der Waals surface area contributed by atoms with E-state index in [1.54, 1.807) is 0 Å². The molecule has 1 aliphatic rings. The van der Waals surface area contributed by atoms with Gasteiger partial charge in [-0.15, -0.1) is 0 Å². The molecule has 0 bridgehead atoms. The van der Waals surface area contributed by atoms with Gasteiger partial charge in [-0.1, -0.05) is 49.2 Å². The van der Waals surface area contributed by atoms with Crippen LogP contribution in [0.1, 0.15) is 25.7 Å². The van der Waals surface area contributed by atoms with Gasteiger partial charge >= 0.3 is 0 Å². The van der Waals surface area contributed by atoms with Gasteiger partial charge < -0.3 is 4.57 Å². The zero-order valence-electron chi connectivity index (χ0n) is 9.80. The van der Waals surface area contributed by atoms with Crippen LogP contribution >= 0.6 is 7.14 Å². The summed E-state index contributed by atoms with van der Waals surface area (Å²) in [7, 11) is -2.28. The fourth-order valence-electron chi connectivity index (χ4n) is 2.25. The highest BCUT2D eigenvalue weighted by Gasteiger charge is 2.16. The number of rotatable bonds is 3. The summed E-state index contributed by atoms with van der Waals surface area (Å²) in [5, 5.41) is 0.962. The van der Waals surface area contributed by atoms with Crippen molar-refractivity contribution in [1.82, 2.24) is 0 Å². The van der Waals surface area contributed by atoms with Crippen molar-refractivity contribution in [3.63, 3.8) is 0 Å². The maximum absolute atomic E-state index is 12.5. The molecular weight excluding hydrogens is 215 g/mol. The summed E-state index contributed by atoms with van der Waals surface area (Å²) in [5.41, 5.74) is 0. The first kappa shape index (κ1) is 11.7. The monoisotopic (exact) mass is 234 g/mol. The largest absolute Gasteiger partial charge is 0.315 e. The van der Waals surface area contributed by atoms with E-state index in [9.17, 15) is 4.57 Å². The molecular formula is C14H19OP. The minimum absolute atomic E-state index is 0.664. The molecule has 0 amide bonds. The third-order valence-electron chi connectivity index (χ3n) is 3.31. The second-order valence-corrected chi connectivity index (χ2v) is 7.51. The highest BCUT2D eigenvalue weighted by molar-refractivity contribution is 7.73. The Morgan fingerprint density at radius 3 is 2.44 bits per heavy atom. The SMILES string of the molecule is C[P@](=O)(/C=C/C1CCCC1)c1ccccc1. The highest BCUT2D eigenvalue weighted by Crippen LogP contribution is 2.42. The van der Waals surface area contributed by atoms with Crippen LogP contribution in [0, 0.1) is 5.92 Å². The van der Waals surface area contributed by atoms with Gasteiger partial charge in [0, 0.05) is 5.30 Å². The van der Waals surface area contributed by atoms with Crippen LogP contribution in [0.4, 0.5) is 0 Å². The summed E-state index contributed by atoms with van der Waals surface area (Å²) in [6.45, 7) is 1.85. The molecule has 1 aromatic rings. The Bertz CT molecular complexity index is 402. The Balaban J connectivity index is 2.10. The third-order valence-corrected chi connectivity index (χ3v) is 5.38. The van der Waals surface area contributed by atoms with Gasteiger partial charge in [0.05, 0.1) is 0 Å². The van der Waals surface area contributed by atoms with Crippen molar-refractivity contribution in [2.24, 2.45) is 5.92 Å². The van der Waals surface area contributed by atoms with E-state index in [4.69, 9.17) is 0 Å². The van der Waals surface area contributed by atoms with E-state index in [1.807, 2.05) is 42.8 Å². The van der Waals surface area contributed by atoms with Gasteiger partial charge in [0.2, 0.25) is 0 Å². The molecule has 2 heteroatoms. The van der Waals surface area contributed by atoms with E-state index in [2.05, 4.69) is 6.08 Å². The van der Waals surface area contributed by atoms with E-state index in [1.165, 1.54) is 25.7 Å². The Labute approximate surface area is 97.9 Å². The molecule has 1 fully saturated rings. The molecule has 0 heterocycles. The summed E-state index contributed by atoms with van der Waals surface area (Å²) >= 11 is 0. The van der Waals surface area contributed by atoms with E-state index in [0.29, 0.717) is 5.92 Å². The zero-order valence-corrected chi connectivity index (χ0v) is 10.7. The quantitative estimate of drug-likeness (QED) is 0.722. The maximum atomic E-state index is 12.5. The molecule has 0 saturated heterocycles. The van der Waals surface area contributed by atoms with Crippen LogP contribution in [0.25, 0.3) is 0 Å². The van der Waals surface area contributed by atoms with Crippen molar-refractivity contribution >= 4 is 12.4 Å². The molecule has 1 aromatic carbocycles. The van der Waals surface area contributed by atoms with Crippen molar-refractivity contribution in [3.8, 4) is 0 Å². The Morgan fingerprint density at radius 2 is 1.81 bits per heavy atom. The summed E-state index contributed by atoms with van der Waals surface area (Å²) in [6.07, 6.45) is 7.38. The smallest absolute Gasteiger partial charge is 0.133 e. The molecule has 0 aliphatic heterocycles. The van der Waals surface area contributed by atoms with E-state index < -0.39 is 7.14 Å². The van der Waals surface area contributed by atoms with Gasteiger partial charge in [0.25, 0.3) is 0 Å². The van der Waals surface area contributed by atoms with Crippen LogP contribution in [0.3, 0.4) is 0 Å². The summed E-state index contributed by atoms with van der Waals surface area (Å²) in [5.74, 6) is 2.62. The topological polar surface area (TPSA) is 17.1 Å². The van der Waals surface area contributed by atoms with Gasteiger partial charge in [-0.3, -0.25) is 0 Å². The second-order valence-electron chi connectivity index (χ2n) is 4.71. The maximum Gasteiger partial charge on any atom is 0.133 e. The summed E-state index contributed by atoms with van der Waals surface area (Å²) in [4.78, 5) is 0. The highest BCUT2D eigenvalue weighted by atomic mass is 31.2. The molecule has 16 heavy (non-hydrogen) atoms. The lowest BCUT2D eigenvalue weighted by Gasteiger charge is -2.09. The van der Waals surface area contributed by atoms with Gasteiger partial charge in [-0.05, 0) is 31.2 Å². The van der Waals surface area contributed by atoms with Gasteiger partial charge in [-0.25, -0.2) is 0 Å². The van der Waals surface area contributed by atoms with Gasteiger partial charge in [0.15, 0.2) is 0 Å². The first-order valence-electron chi connectivity index (χ1n) is 6.01. The van der Waals surface area contributed by atoms with Gasteiger partial charge in [0.1, 0.15) is 7.14 Å². The van der Waals surface area contributed by atoms with E-state index in [-0.39, 0.29) is 0 Å². The van der Waals surface area contributed by atoms with Crippen molar-refractivity contribution < 1.29 is 4.57 Å². The summed E-state index contributed by atoms with van der Waals surface area (Å²) in [6, 6.07) is 9.79. The second kappa shape index (κ2) is 5.01. The van der Waals surface area contributed by atoms with Crippen LogP contribution in [-0.2, 0) is 4.57 Å². The molecule has 1 aliphatic carbocycles. The molecule has 0 radical (unpaired) electrons. The fraction of sp³-hybridized carbons (Fsp3) is 0.429. The lowest BCUT2D eigenvalue weighted by atomic mass is 10.1. The number of hydrogen-bond acceptors (Lipinski definition) is 1. The Kier molecular flexibility index (Phi) is 3.66. The lowest BCUT2D eigenvalue weighted by molar-refractivity contribution is 0.589. The Morgan fingerprint density at radius 1 is 1.19 bits per heavy atom. The average Bonchev–Trinajstić information content (AvgIpc) is 2.81. The molecule has 0 aromatic heterocycles. The molecule has 0 unspecified atom stereocenters. The van der Waals surface area contributed by atoms with Crippen LogP contribution in [-0.4, -0.2) is 6.66 Å². The molecule has 0 spiro atoms. The molecule has 1 nitrogen and oxygen atoms in total. The molecule has 0 N–H and O–H groups in total. The Hall–Kier alpha value is -0.810. The standard InChI is InChI=1S/C14H19OP/c1-16(15,14-9-3-2-4-10-14)12-11-13-7-5-6-8-13/h2-4,9-13H,5-8H2,1H3/b12-11+/t16-/m0/s1. The predicted molar refractivity (Wildman–Crippen MR) is 70.7 cm³/mol. The molecule has 1 atom stereocenters. The average molecular weight is 234 g/mol. The molecule has 86 valence electrons. The lowest BCUT2D eigenvalue weighted by Crippen LogP contribution is -2.00. The van der Waals surface area contributed by atoms with E-state index in [0.717, 1.165) is 5.30 Å². The summed E-state index contributed by atoms with van der Waals surface area (Å²) < 4.78 is 12.5. The minimum atomic E-state index is -2.28. The van der Waals surface area contributed by atoms with Gasteiger partial charge in [-0.2, -0.15) is 0 Å². The van der Waals surface area contributed by atoms with E-state index >= 15 is 0 Å². The van der Waals surface area contributed by atoms with Crippen LogP contribution in [0.2, 0.25) is 0 Å². The third kappa shape index (κ3) is 2.86. The van der Waals surface area contributed by atoms with Crippen LogP contribution in [0.15, 0.2) is 42.2 Å². The van der Waals surface area contributed by atoms with Crippen molar-refractivity contribution in [2.45, 2.75) is 25.7 Å². The van der Waals surface area contributed by atoms with Crippen molar-refractivity contribution in [1.29, 1.82) is 0 Å². The minimum Gasteiger partial charge on any atom is -0.315 e. The molecule has 1 saturated carbocycles. The first-order valence-corrected chi connectivity index (χ1v) is 8.23. The number of hydrogen-bond donors (Lipinski definition) is 0. The normalized spacial score (nSPS) is 21.3.